The zero-order valence-electron chi connectivity index (χ0n) is 15.7. The predicted molar refractivity (Wildman–Crippen MR) is 103 cm³/mol. The number of carbonyl (C=O) groups excluding carboxylic acids is 1. The van der Waals surface area contributed by atoms with E-state index >= 15 is 0 Å². The zero-order valence-corrected chi connectivity index (χ0v) is 15.7. The third-order valence-corrected chi connectivity index (χ3v) is 4.89. The maximum Gasteiger partial charge on any atom is 0.251 e. The standard InChI is InChI=1S/C21H26FN3O2/c1-27-11-3-9-25-10-8-16(15-25)13-24-21(26)18-5-2-4-17(12-18)20-7-6-19(22)14-23-20/h2,4-7,12,14,16H,3,8-11,13,15H2,1H3,(H,24,26)/t16-/m1/s1. The number of nitrogens with zero attached hydrogens (tertiary/aromatic N) is 2. The van der Waals surface area contributed by atoms with E-state index in [9.17, 15) is 9.18 Å². The number of likely N-dealkylation sites (tertiary alicyclic amines) is 1. The molecule has 2 aromatic rings. The molecule has 0 radical (unpaired) electrons. The molecule has 0 bridgehead atoms. The van der Waals surface area contributed by atoms with Crippen molar-refractivity contribution in [1.29, 1.82) is 0 Å². The van der Waals surface area contributed by atoms with Gasteiger partial charge in [0, 0.05) is 44.5 Å². The van der Waals surface area contributed by atoms with Gasteiger partial charge < -0.3 is 15.0 Å². The summed E-state index contributed by atoms with van der Waals surface area (Å²) in [5, 5.41) is 3.05. The number of hydrogen-bond donors (Lipinski definition) is 1. The molecule has 27 heavy (non-hydrogen) atoms. The van der Waals surface area contributed by atoms with Gasteiger partial charge in [0.25, 0.3) is 5.91 Å². The Bertz CT molecular complexity index is 751. The molecule has 1 aliphatic rings. The molecule has 1 atom stereocenters. The first-order chi connectivity index (χ1) is 13.2. The van der Waals surface area contributed by atoms with Crippen LogP contribution >= 0.6 is 0 Å². The number of nitrogens with one attached hydrogen (secondary N) is 1. The van der Waals surface area contributed by atoms with Gasteiger partial charge in [-0.05, 0) is 49.6 Å². The first-order valence-electron chi connectivity index (χ1n) is 9.37. The summed E-state index contributed by atoms with van der Waals surface area (Å²) in [6.45, 7) is 4.61. The molecule has 1 aromatic heterocycles. The molecule has 0 spiro atoms. The van der Waals surface area contributed by atoms with E-state index in [-0.39, 0.29) is 11.7 Å². The molecular weight excluding hydrogens is 345 g/mol. The molecule has 1 saturated heterocycles. The lowest BCUT2D eigenvalue weighted by molar-refractivity contribution is 0.0947. The molecule has 1 aromatic carbocycles. The van der Waals surface area contributed by atoms with Gasteiger partial charge in [-0.1, -0.05) is 12.1 Å². The molecule has 144 valence electrons. The van der Waals surface area contributed by atoms with Gasteiger partial charge in [-0.2, -0.15) is 0 Å². The molecule has 5 nitrogen and oxygen atoms in total. The number of ether oxygens (including phenoxy) is 1. The van der Waals surface area contributed by atoms with E-state index in [0.717, 1.165) is 44.6 Å². The van der Waals surface area contributed by atoms with Gasteiger partial charge >= 0.3 is 0 Å². The fourth-order valence-electron chi connectivity index (χ4n) is 3.42. The molecule has 2 heterocycles. The Labute approximate surface area is 159 Å². The van der Waals surface area contributed by atoms with E-state index in [4.69, 9.17) is 4.74 Å². The second-order valence-electron chi connectivity index (χ2n) is 6.95. The molecule has 3 rings (SSSR count). The van der Waals surface area contributed by atoms with Crippen LogP contribution in [-0.4, -0.2) is 55.7 Å². The first kappa shape index (κ1) is 19.5. The summed E-state index contributed by atoms with van der Waals surface area (Å²) in [7, 11) is 1.73. The molecule has 6 heteroatoms. The van der Waals surface area contributed by atoms with Crippen LogP contribution in [-0.2, 0) is 4.74 Å². The fraction of sp³-hybridized carbons (Fsp3) is 0.429. The maximum atomic E-state index is 13.0. The SMILES string of the molecule is COCCCN1CC[C@H](CNC(=O)c2cccc(-c3ccc(F)cn3)c2)C1. The average Bonchev–Trinajstić information content (AvgIpc) is 3.15. The second-order valence-corrected chi connectivity index (χ2v) is 6.95. The lowest BCUT2D eigenvalue weighted by atomic mass is 10.1. The quantitative estimate of drug-likeness (QED) is 0.725. The highest BCUT2D eigenvalue weighted by molar-refractivity contribution is 5.95. The monoisotopic (exact) mass is 371 g/mol. The highest BCUT2D eigenvalue weighted by atomic mass is 19.1. The zero-order chi connectivity index (χ0) is 19.1. The second kappa shape index (κ2) is 9.58. The summed E-state index contributed by atoms with van der Waals surface area (Å²) in [6, 6.07) is 10.3. The number of carbonyl (C=O) groups is 1. The third-order valence-electron chi connectivity index (χ3n) is 4.89. The van der Waals surface area contributed by atoms with Crippen molar-refractivity contribution in [1.82, 2.24) is 15.2 Å². The Hall–Kier alpha value is -2.31. The van der Waals surface area contributed by atoms with Crippen LogP contribution in [0.1, 0.15) is 23.2 Å². The Morgan fingerprint density at radius 2 is 2.26 bits per heavy atom. The highest BCUT2D eigenvalue weighted by Crippen LogP contribution is 2.19. The van der Waals surface area contributed by atoms with Crippen LogP contribution in [0.25, 0.3) is 11.3 Å². The van der Waals surface area contributed by atoms with E-state index in [1.807, 2.05) is 12.1 Å². The number of methoxy groups -OCH3 is 1. The number of rotatable bonds is 8. The van der Waals surface area contributed by atoms with Gasteiger partial charge in [0.15, 0.2) is 0 Å². The fourth-order valence-corrected chi connectivity index (χ4v) is 3.42. The lowest BCUT2D eigenvalue weighted by Crippen LogP contribution is -2.31. The minimum atomic E-state index is -0.375. The number of amides is 1. The maximum absolute atomic E-state index is 13.0. The van der Waals surface area contributed by atoms with Gasteiger partial charge in [-0.25, -0.2) is 4.39 Å². The van der Waals surface area contributed by atoms with Crippen molar-refractivity contribution < 1.29 is 13.9 Å². The summed E-state index contributed by atoms with van der Waals surface area (Å²) in [6.07, 6.45) is 3.33. The van der Waals surface area contributed by atoms with Crippen LogP contribution < -0.4 is 5.32 Å². The predicted octanol–water partition coefficient (Wildman–Crippen LogP) is 2.98. The van der Waals surface area contributed by atoms with Crippen molar-refractivity contribution in [3.05, 3.63) is 54.0 Å². The molecule has 0 aliphatic carbocycles. The Balaban J connectivity index is 1.51. The van der Waals surface area contributed by atoms with Crippen LogP contribution in [0.3, 0.4) is 0 Å². The van der Waals surface area contributed by atoms with Gasteiger partial charge in [0.1, 0.15) is 5.82 Å². The van der Waals surface area contributed by atoms with E-state index in [1.165, 1.54) is 12.3 Å². The van der Waals surface area contributed by atoms with Gasteiger partial charge in [0.05, 0.1) is 11.9 Å². The lowest BCUT2D eigenvalue weighted by Gasteiger charge is -2.16. The Morgan fingerprint density at radius 3 is 3.04 bits per heavy atom. The first-order valence-corrected chi connectivity index (χ1v) is 9.37. The van der Waals surface area contributed by atoms with Crippen molar-refractivity contribution in [3.8, 4) is 11.3 Å². The van der Waals surface area contributed by atoms with Crippen LogP contribution in [0.2, 0.25) is 0 Å². The molecule has 1 N–H and O–H groups in total. The molecule has 1 amide bonds. The van der Waals surface area contributed by atoms with Crippen LogP contribution in [0.5, 0.6) is 0 Å². The average molecular weight is 371 g/mol. The number of pyridine rings is 1. The van der Waals surface area contributed by atoms with E-state index in [0.29, 0.717) is 23.7 Å². The molecule has 1 aliphatic heterocycles. The van der Waals surface area contributed by atoms with Crippen molar-refractivity contribution in [2.24, 2.45) is 5.92 Å². The highest BCUT2D eigenvalue weighted by Gasteiger charge is 2.22. The normalized spacial score (nSPS) is 17.2. The smallest absolute Gasteiger partial charge is 0.251 e. The minimum absolute atomic E-state index is 0.0863. The van der Waals surface area contributed by atoms with Crippen LogP contribution in [0.15, 0.2) is 42.6 Å². The summed E-state index contributed by atoms with van der Waals surface area (Å²) in [5.74, 6) is 0.0238. The van der Waals surface area contributed by atoms with Crippen molar-refractivity contribution >= 4 is 5.91 Å². The summed E-state index contributed by atoms with van der Waals surface area (Å²) >= 11 is 0. The molecule has 1 fully saturated rings. The van der Waals surface area contributed by atoms with Crippen molar-refractivity contribution in [2.45, 2.75) is 12.8 Å². The third kappa shape index (κ3) is 5.58. The molecule has 0 unspecified atom stereocenters. The number of halogens is 1. The van der Waals surface area contributed by atoms with E-state index in [1.54, 1.807) is 25.3 Å². The van der Waals surface area contributed by atoms with Crippen molar-refractivity contribution in [2.75, 3.05) is 39.9 Å². The van der Waals surface area contributed by atoms with E-state index in [2.05, 4.69) is 15.2 Å². The van der Waals surface area contributed by atoms with Gasteiger partial charge in [0.2, 0.25) is 0 Å². The number of aromatic nitrogens is 1. The minimum Gasteiger partial charge on any atom is -0.385 e. The Kier molecular flexibility index (Phi) is 6.90. The van der Waals surface area contributed by atoms with E-state index < -0.39 is 0 Å². The van der Waals surface area contributed by atoms with Gasteiger partial charge in [-0.3, -0.25) is 9.78 Å². The van der Waals surface area contributed by atoms with Gasteiger partial charge in [-0.15, -0.1) is 0 Å². The Morgan fingerprint density at radius 1 is 1.37 bits per heavy atom. The van der Waals surface area contributed by atoms with Crippen LogP contribution in [0.4, 0.5) is 4.39 Å². The largest absolute Gasteiger partial charge is 0.385 e. The summed E-state index contributed by atoms with van der Waals surface area (Å²) < 4.78 is 18.1. The van der Waals surface area contributed by atoms with Crippen LogP contribution in [0, 0.1) is 11.7 Å². The molecule has 0 saturated carbocycles. The number of hydrogen-bond acceptors (Lipinski definition) is 4. The summed E-state index contributed by atoms with van der Waals surface area (Å²) in [5.41, 5.74) is 2.04. The molecular formula is C21H26FN3O2. The summed E-state index contributed by atoms with van der Waals surface area (Å²) in [4.78, 5) is 19.0. The van der Waals surface area contributed by atoms with Crippen molar-refractivity contribution in [3.63, 3.8) is 0 Å². The number of benzene rings is 1. The topological polar surface area (TPSA) is 54.5 Å².